The van der Waals surface area contributed by atoms with Gasteiger partial charge in [0.05, 0.1) is 5.92 Å². The molecule has 0 radical (unpaired) electrons. The van der Waals surface area contributed by atoms with Crippen molar-refractivity contribution in [2.45, 2.75) is 45.4 Å². The molecule has 0 amide bonds. The van der Waals surface area contributed by atoms with Crippen molar-refractivity contribution in [3.8, 4) is 0 Å². The number of aryl methyl sites for hydroxylation is 1. The fourth-order valence-corrected chi connectivity index (χ4v) is 5.58. The predicted octanol–water partition coefficient (Wildman–Crippen LogP) is 6.65. The average molecular weight is 462 g/mol. The van der Waals surface area contributed by atoms with Crippen molar-refractivity contribution in [2.75, 3.05) is 0 Å². The Morgan fingerprint density at radius 2 is 1.49 bits per heavy atom. The van der Waals surface area contributed by atoms with E-state index in [2.05, 4.69) is 31.2 Å². The Bertz CT molecular complexity index is 1250. The van der Waals surface area contributed by atoms with E-state index in [9.17, 15) is 9.59 Å². The summed E-state index contributed by atoms with van der Waals surface area (Å²) >= 11 is 0. The minimum Gasteiger partial charge on any atom is -0.299 e. The number of allylic oxidation sites excluding steroid dienone is 2. The quantitative estimate of drug-likeness (QED) is 0.412. The molecule has 176 valence electrons. The maximum atomic E-state index is 13.9. The van der Waals surface area contributed by atoms with Crippen LogP contribution in [0.1, 0.15) is 54.4 Å². The van der Waals surface area contributed by atoms with Gasteiger partial charge < -0.3 is 0 Å². The zero-order valence-corrected chi connectivity index (χ0v) is 20.4. The van der Waals surface area contributed by atoms with E-state index >= 15 is 0 Å². The third-order valence-corrected chi connectivity index (χ3v) is 7.48. The second-order valence-electron chi connectivity index (χ2n) is 9.89. The van der Waals surface area contributed by atoms with Crippen molar-refractivity contribution in [1.82, 2.24) is 0 Å². The number of rotatable bonds is 6. The van der Waals surface area contributed by atoms with Crippen LogP contribution in [-0.4, -0.2) is 17.3 Å². The first-order chi connectivity index (χ1) is 17.0. The van der Waals surface area contributed by atoms with E-state index in [0.29, 0.717) is 19.3 Å². The van der Waals surface area contributed by atoms with Crippen molar-refractivity contribution in [1.29, 1.82) is 0 Å². The summed E-state index contributed by atoms with van der Waals surface area (Å²) in [7, 11) is 0. The van der Waals surface area contributed by atoms with Crippen LogP contribution >= 0.6 is 0 Å². The van der Waals surface area contributed by atoms with Crippen LogP contribution in [0.25, 0.3) is 0 Å². The lowest BCUT2D eigenvalue weighted by atomic mass is 9.70. The molecule has 1 aliphatic carbocycles. The van der Waals surface area contributed by atoms with Crippen molar-refractivity contribution < 1.29 is 9.59 Å². The summed E-state index contributed by atoms with van der Waals surface area (Å²) in [5.41, 5.74) is 6.99. The van der Waals surface area contributed by atoms with Crippen LogP contribution < -0.4 is 0 Å². The molecule has 2 aliphatic rings. The minimum atomic E-state index is -0.321. The molecule has 0 bridgehead atoms. The third-order valence-electron chi connectivity index (χ3n) is 7.48. The summed E-state index contributed by atoms with van der Waals surface area (Å²) in [6.45, 7) is 4.03. The molecule has 0 saturated heterocycles. The molecule has 0 fully saturated rings. The lowest BCUT2D eigenvalue weighted by Crippen LogP contribution is -2.36. The van der Waals surface area contributed by atoms with E-state index in [1.807, 2.05) is 67.6 Å². The van der Waals surface area contributed by atoms with Gasteiger partial charge in [-0.05, 0) is 49.8 Å². The molecular weight excluding hydrogens is 430 g/mol. The second kappa shape index (κ2) is 9.95. The second-order valence-corrected chi connectivity index (χ2v) is 9.89. The number of benzene rings is 3. The van der Waals surface area contributed by atoms with Crippen molar-refractivity contribution in [2.24, 2.45) is 16.8 Å². The molecule has 35 heavy (non-hydrogen) atoms. The molecular formula is C32H31NO2. The van der Waals surface area contributed by atoms with E-state index in [1.54, 1.807) is 0 Å². The van der Waals surface area contributed by atoms with E-state index in [0.717, 1.165) is 40.1 Å². The number of nitrogens with zero attached hydrogens (tertiary/aromatic N) is 1. The van der Waals surface area contributed by atoms with E-state index in [1.165, 1.54) is 5.56 Å². The summed E-state index contributed by atoms with van der Waals surface area (Å²) < 4.78 is 0. The average Bonchev–Trinajstić information content (AvgIpc) is 2.88. The Balaban J connectivity index is 1.40. The van der Waals surface area contributed by atoms with Gasteiger partial charge in [0, 0.05) is 35.2 Å². The highest BCUT2D eigenvalue weighted by molar-refractivity contribution is 6.15. The van der Waals surface area contributed by atoms with Gasteiger partial charge in [-0.1, -0.05) is 90.5 Å². The van der Waals surface area contributed by atoms with Crippen LogP contribution in [0.2, 0.25) is 0 Å². The molecule has 0 N–H and O–H groups in total. The van der Waals surface area contributed by atoms with Gasteiger partial charge in [-0.25, -0.2) is 0 Å². The topological polar surface area (TPSA) is 46.5 Å². The summed E-state index contributed by atoms with van der Waals surface area (Å²) in [6, 6.07) is 28.7. The molecule has 3 nitrogen and oxygen atoms in total. The number of Topliss-reactive ketones (excluding diaryl/α,β-unsaturated/α-hetero) is 2. The molecule has 2 unspecified atom stereocenters. The molecule has 0 spiro atoms. The maximum Gasteiger partial charge on any atom is 0.170 e. The van der Waals surface area contributed by atoms with Crippen molar-refractivity contribution in [3.63, 3.8) is 0 Å². The van der Waals surface area contributed by atoms with E-state index in [-0.39, 0.29) is 29.3 Å². The number of hydrogen-bond donors (Lipinski definition) is 0. The van der Waals surface area contributed by atoms with Crippen molar-refractivity contribution >= 4 is 17.3 Å². The Kier molecular flexibility index (Phi) is 6.59. The first kappa shape index (κ1) is 23.2. The monoisotopic (exact) mass is 461 g/mol. The maximum absolute atomic E-state index is 13.9. The van der Waals surface area contributed by atoms with Gasteiger partial charge in [-0.2, -0.15) is 0 Å². The summed E-state index contributed by atoms with van der Waals surface area (Å²) in [6.07, 6.45) is 2.36. The van der Waals surface area contributed by atoms with E-state index < -0.39 is 0 Å². The SMILES string of the molecule is CC1=NC2=C(CCC(C(=O)Cc3ccc(C)cc3)C2)C(=O)C1C(c1ccccc1)c1ccccc1. The molecule has 0 aromatic heterocycles. The third kappa shape index (κ3) is 4.81. The molecule has 3 aromatic carbocycles. The van der Waals surface area contributed by atoms with Crippen LogP contribution in [0.4, 0.5) is 0 Å². The number of aliphatic imine (C=N–C) groups is 1. The number of ketones is 2. The standard InChI is InChI=1S/C32H31NO2/c1-21-13-15-23(16-14-21)19-29(34)26-17-18-27-28(20-26)33-22(2)30(32(27)35)31(24-9-5-3-6-10-24)25-11-7-4-8-12-25/h3-16,26,30-31H,17-20H2,1-2H3. The smallest absolute Gasteiger partial charge is 0.170 e. The number of carbonyl (C=O) groups excluding carboxylic acids is 2. The Morgan fingerprint density at radius 3 is 2.09 bits per heavy atom. The normalized spacial score (nSPS) is 20.0. The molecule has 5 rings (SSSR count). The first-order valence-corrected chi connectivity index (χ1v) is 12.5. The molecule has 1 heterocycles. The highest BCUT2D eigenvalue weighted by Gasteiger charge is 2.40. The molecule has 3 heteroatoms. The summed E-state index contributed by atoms with van der Waals surface area (Å²) in [5.74, 6) is -0.0548. The zero-order valence-electron chi connectivity index (χ0n) is 20.4. The van der Waals surface area contributed by atoms with Crippen LogP contribution in [0.15, 0.2) is 101 Å². The van der Waals surface area contributed by atoms with Gasteiger partial charge in [0.1, 0.15) is 5.78 Å². The largest absolute Gasteiger partial charge is 0.299 e. The fourth-order valence-electron chi connectivity index (χ4n) is 5.58. The Labute approximate surface area is 207 Å². The molecule has 0 saturated carbocycles. The van der Waals surface area contributed by atoms with Crippen LogP contribution in [-0.2, 0) is 16.0 Å². The van der Waals surface area contributed by atoms with Gasteiger partial charge in [-0.3, -0.25) is 14.6 Å². The van der Waals surface area contributed by atoms with Gasteiger partial charge in [0.2, 0.25) is 0 Å². The number of carbonyl (C=O) groups is 2. The van der Waals surface area contributed by atoms with Gasteiger partial charge in [0.25, 0.3) is 0 Å². The fraction of sp³-hybridized carbons (Fsp3) is 0.281. The lowest BCUT2D eigenvalue weighted by molar-refractivity contribution is -0.123. The highest BCUT2D eigenvalue weighted by atomic mass is 16.1. The molecule has 1 aliphatic heterocycles. The first-order valence-electron chi connectivity index (χ1n) is 12.5. The number of hydrogen-bond acceptors (Lipinski definition) is 3. The van der Waals surface area contributed by atoms with Crippen LogP contribution in [0.3, 0.4) is 0 Å². The van der Waals surface area contributed by atoms with Gasteiger partial charge in [0.15, 0.2) is 5.78 Å². The van der Waals surface area contributed by atoms with Crippen molar-refractivity contribution in [3.05, 3.63) is 118 Å². The van der Waals surface area contributed by atoms with Crippen LogP contribution in [0, 0.1) is 18.8 Å². The molecule has 3 aromatic rings. The Morgan fingerprint density at radius 1 is 0.886 bits per heavy atom. The zero-order chi connectivity index (χ0) is 24.4. The highest BCUT2D eigenvalue weighted by Crippen LogP contribution is 2.42. The van der Waals surface area contributed by atoms with Crippen LogP contribution in [0.5, 0.6) is 0 Å². The van der Waals surface area contributed by atoms with E-state index in [4.69, 9.17) is 4.99 Å². The predicted molar refractivity (Wildman–Crippen MR) is 141 cm³/mol. The Hall–Kier alpha value is -3.59. The minimum absolute atomic E-state index is 0.0741. The summed E-state index contributed by atoms with van der Waals surface area (Å²) in [4.78, 5) is 32.0. The summed E-state index contributed by atoms with van der Waals surface area (Å²) in [5, 5.41) is 0. The molecule has 2 atom stereocenters. The van der Waals surface area contributed by atoms with Gasteiger partial charge >= 0.3 is 0 Å². The lowest BCUT2D eigenvalue weighted by Gasteiger charge is -2.34. The van der Waals surface area contributed by atoms with Gasteiger partial charge in [-0.15, -0.1) is 0 Å².